The second-order valence-corrected chi connectivity index (χ2v) is 8.42. The summed E-state index contributed by atoms with van der Waals surface area (Å²) in [4.78, 5) is 0.178. The molecular formula is C22H21NO4S. The van der Waals surface area contributed by atoms with Gasteiger partial charge in [0.15, 0.2) is 0 Å². The van der Waals surface area contributed by atoms with Gasteiger partial charge in [-0.2, -0.15) is 0 Å². The summed E-state index contributed by atoms with van der Waals surface area (Å²) in [6, 6.07) is 23.1. The van der Waals surface area contributed by atoms with Crippen molar-refractivity contribution in [3.05, 3.63) is 84.4 Å². The quantitative estimate of drug-likeness (QED) is 0.560. The Labute approximate surface area is 165 Å². The third-order valence-corrected chi connectivity index (χ3v) is 6.26. The Balaban J connectivity index is 1.76. The molecule has 6 heteroatoms. The van der Waals surface area contributed by atoms with Gasteiger partial charge in [-0.1, -0.05) is 42.5 Å². The molecule has 0 radical (unpaired) electrons. The van der Waals surface area contributed by atoms with E-state index in [1.165, 1.54) is 4.31 Å². The number of nitrogens with zero attached hydrogens (tertiary/aromatic N) is 1. The Morgan fingerprint density at radius 3 is 2.07 bits per heavy atom. The number of aryl methyl sites for hydroxylation is 1. The maximum absolute atomic E-state index is 13.6. The van der Waals surface area contributed by atoms with Gasteiger partial charge in [0, 0.05) is 6.07 Å². The first kappa shape index (κ1) is 18.5. The first-order valence-corrected chi connectivity index (χ1v) is 10.5. The molecule has 1 aliphatic rings. The molecule has 0 N–H and O–H groups in total. The third-order valence-electron chi connectivity index (χ3n) is 4.51. The molecule has 1 heterocycles. The molecule has 5 nitrogen and oxygen atoms in total. The minimum Gasteiger partial charge on any atom is -0.490 e. The summed E-state index contributed by atoms with van der Waals surface area (Å²) in [5.41, 5.74) is 2.02. The van der Waals surface area contributed by atoms with Crippen molar-refractivity contribution >= 4 is 21.4 Å². The molecule has 0 aliphatic carbocycles. The van der Waals surface area contributed by atoms with Crippen molar-refractivity contribution in [2.45, 2.75) is 17.9 Å². The van der Waals surface area contributed by atoms with Crippen LogP contribution >= 0.6 is 0 Å². The summed E-state index contributed by atoms with van der Waals surface area (Å²) in [5.74, 6) is 0.553. The second-order valence-electron chi connectivity index (χ2n) is 6.63. The molecular weight excluding hydrogens is 374 g/mol. The molecule has 144 valence electrons. The Hall–Kier alpha value is -2.83. The first-order chi connectivity index (χ1) is 13.6. The van der Waals surface area contributed by atoms with Crippen LogP contribution in [0.1, 0.15) is 5.56 Å². The first-order valence-electron chi connectivity index (χ1n) is 9.06. The van der Waals surface area contributed by atoms with Gasteiger partial charge in [-0.05, 0) is 42.8 Å². The standard InChI is InChI=1S/C22H21NO4S/c1-17-12-13-21(14-22(17)27-16-20-15-26-20)28(24,25)23(18-8-4-2-5-9-18)19-10-6-3-7-11-19/h2-14,20H,15-16H2,1H3. The number of rotatable bonds is 7. The highest BCUT2D eigenvalue weighted by Gasteiger charge is 2.28. The number of para-hydroxylation sites is 2. The van der Waals surface area contributed by atoms with Crippen molar-refractivity contribution in [1.29, 1.82) is 0 Å². The highest BCUT2D eigenvalue weighted by Crippen LogP contribution is 2.34. The zero-order valence-corrected chi connectivity index (χ0v) is 16.3. The van der Waals surface area contributed by atoms with E-state index in [0.29, 0.717) is 30.3 Å². The highest BCUT2D eigenvalue weighted by atomic mass is 32.2. The van der Waals surface area contributed by atoms with E-state index in [1.807, 2.05) is 43.3 Å². The number of benzene rings is 3. The SMILES string of the molecule is Cc1ccc(S(=O)(=O)N(c2ccccc2)c2ccccc2)cc1OCC1CO1. The molecule has 0 amide bonds. The number of sulfonamides is 1. The van der Waals surface area contributed by atoms with Crippen LogP contribution in [0.25, 0.3) is 0 Å². The van der Waals surface area contributed by atoms with Crippen LogP contribution in [0.5, 0.6) is 5.75 Å². The average molecular weight is 395 g/mol. The van der Waals surface area contributed by atoms with Gasteiger partial charge < -0.3 is 9.47 Å². The predicted molar refractivity (Wildman–Crippen MR) is 109 cm³/mol. The summed E-state index contributed by atoms with van der Waals surface area (Å²) in [6.07, 6.45) is 0.102. The zero-order chi connectivity index (χ0) is 19.6. The van der Waals surface area contributed by atoms with Gasteiger partial charge in [0.1, 0.15) is 18.5 Å². The molecule has 0 aromatic heterocycles. The molecule has 0 spiro atoms. The number of anilines is 2. The Bertz CT molecular complexity index is 1010. The van der Waals surface area contributed by atoms with Crippen LogP contribution in [0.2, 0.25) is 0 Å². The lowest BCUT2D eigenvalue weighted by molar-refractivity contribution is 0.261. The van der Waals surface area contributed by atoms with Crippen molar-refractivity contribution in [2.24, 2.45) is 0 Å². The third kappa shape index (κ3) is 3.88. The Morgan fingerprint density at radius 1 is 0.964 bits per heavy atom. The van der Waals surface area contributed by atoms with E-state index in [2.05, 4.69) is 0 Å². The lowest BCUT2D eigenvalue weighted by Crippen LogP contribution is -2.26. The lowest BCUT2D eigenvalue weighted by atomic mass is 10.2. The van der Waals surface area contributed by atoms with Crippen molar-refractivity contribution < 1.29 is 17.9 Å². The van der Waals surface area contributed by atoms with E-state index in [0.717, 1.165) is 5.56 Å². The van der Waals surface area contributed by atoms with Crippen LogP contribution in [0.15, 0.2) is 83.8 Å². The minimum atomic E-state index is -3.85. The van der Waals surface area contributed by atoms with Crippen LogP contribution in [-0.2, 0) is 14.8 Å². The summed E-state index contributed by atoms with van der Waals surface area (Å²) in [7, 11) is -3.85. The zero-order valence-electron chi connectivity index (χ0n) is 15.5. The van der Waals surface area contributed by atoms with Crippen molar-refractivity contribution in [2.75, 3.05) is 17.5 Å². The van der Waals surface area contributed by atoms with E-state index < -0.39 is 10.0 Å². The second kappa shape index (κ2) is 7.66. The van der Waals surface area contributed by atoms with Crippen LogP contribution in [0.4, 0.5) is 11.4 Å². The number of ether oxygens (including phenoxy) is 2. The molecule has 1 fully saturated rings. The fourth-order valence-corrected chi connectivity index (χ4v) is 4.41. The maximum atomic E-state index is 13.6. The molecule has 1 aliphatic heterocycles. The van der Waals surface area contributed by atoms with Gasteiger partial charge >= 0.3 is 0 Å². The Morgan fingerprint density at radius 2 is 1.54 bits per heavy atom. The van der Waals surface area contributed by atoms with Gasteiger partial charge in [-0.25, -0.2) is 12.7 Å². The van der Waals surface area contributed by atoms with Gasteiger partial charge in [0.05, 0.1) is 22.9 Å². The van der Waals surface area contributed by atoms with E-state index in [9.17, 15) is 8.42 Å². The molecule has 4 rings (SSSR count). The summed E-state index contributed by atoms with van der Waals surface area (Å²) >= 11 is 0. The molecule has 3 aromatic carbocycles. The van der Waals surface area contributed by atoms with Gasteiger partial charge in [-0.3, -0.25) is 0 Å². The molecule has 0 bridgehead atoms. The highest BCUT2D eigenvalue weighted by molar-refractivity contribution is 7.93. The lowest BCUT2D eigenvalue weighted by Gasteiger charge is -2.25. The minimum absolute atomic E-state index is 0.102. The Kier molecular flexibility index (Phi) is 5.07. The smallest absolute Gasteiger partial charge is 0.268 e. The van der Waals surface area contributed by atoms with Gasteiger partial charge in [0.2, 0.25) is 0 Å². The van der Waals surface area contributed by atoms with E-state index in [4.69, 9.17) is 9.47 Å². The molecule has 1 saturated heterocycles. The van der Waals surface area contributed by atoms with Crippen molar-refractivity contribution in [3.63, 3.8) is 0 Å². The molecule has 1 atom stereocenters. The maximum Gasteiger partial charge on any atom is 0.268 e. The molecule has 0 saturated carbocycles. The monoisotopic (exact) mass is 395 g/mol. The number of epoxide rings is 1. The molecule has 3 aromatic rings. The average Bonchev–Trinajstić information content (AvgIpc) is 3.53. The molecule has 28 heavy (non-hydrogen) atoms. The fourth-order valence-electron chi connectivity index (χ4n) is 2.90. The van der Waals surface area contributed by atoms with Gasteiger partial charge in [-0.15, -0.1) is 0 Å². The van der Waals surface area contributed by atoms with Crippen LogP contribution < -0.4 is 9.04 Å². The van der Waals surface area contributed by atoms with E-state index in [-0.39, 0.29) is 11.0 Å². The van der Waals surface area contributed by atoms with Gasteiger partial charge in [0.25, 0.3) is 10.0 Å². The summed E-state index contributed by atoms with van der Waals surface area (Å²) in [5, 5.41) is 0. The largest absolute Gasteiger partial charge is 0.490 e. The van der Waals surface area contributed by atoms with E-state index in [1.54, 1.807) is 42.5 Å². The predicted octanol–water partition coefficient (Wildman–Crippen LogP) is 4.30. The van der Waals surface area contributed by atoms with Crippen LogP contribution in [0.3, 0.4) is 0 Å². The van der Waals surface area contributed by atoms with Crippen molar-refractivity contribution in [3.8, 4) is 5.75 Å². The normalized spacial score (nSPS) is 15.8. The van der Waals surface area contributed by atoms with Crippen molar-refractivity contribution in [1.82, 2.24) is 0 Å². The summed E-state index contributed by atoms with van der Waals surface area (Å²) in [6.45, 7) is 3.00. The number of hydrogen-bond donors (Lipinski definition) is 0. The van der Waals surface area contributed by atoms with Crippen LogP contribution in [-0.4, -0.2) is 27.7 Å². The van der Waals surface area contributed by atoms with E-state index >= 15 is 0 Å². The van der Waals surface area contributed by atoms with Crippen LogP contribution in [0, 0.1) is 6.92 Å². The number of hydrogen-bond acceptors (Lipinski definition) is 4. The fraction of sp³-hybridized carbons (Fsp3) is 0.182. The molecule has 1 unspecified atom stereocenters. The summed E-state index contributed by atoms with van der Waals surface area (Å²) < 4.78 is 39.5. The topological polar surface area (TPSA) is 59.1 Å².